The molecule has 1 aliphatic rings. The topological polar surface area (TPSA) is 32.3 Å². The van der Waals surface area contributed by atoms with E-state index in [-0.39, 0.29) is 12.1 Å². The molecule has 1 saturated carbocycles. The number of anilines is 1. The quantitative estimate of drug-likeness (QED) is 0.882. The molecule has 100 valence electrons. The van der Waals surface area contributed by atoms with Gasteiger partial charge in [0.1, 0.15) is 0 Å². The van der Waals surface area contributed by atoms with Crippen molar-refractivity contribution < 1.29 is 5.11 Å². The van der Waals surface area contributed by atoms with Crippen LogP contribution in [-0.2, 0) is 0 Å². The summed E-state index contributed by atoms with van der Waals surface area (Å²) in [5.41, 5.74) is 0.911. The highest BCUT2D eigenvalue weighted by molar-refractivity contribution is 9.10. The van der Waals surface area contributed by atoms with Gasteiger partial charge in [-0.05, 0) is 59.2 Å². The first-order chi connectivity index (χ1) is 8.54. The zero-order valence-corrected chi connectivity index (χ0v) is 12.7. The van der Waals surface area contributed by atoms with Crippen LogP contribution < -0.4 is 5.32 Å². The molecule has 18 heavy (non-hydrogen) atoms. The van der Waals surface area contributed by atoms with Crippen molar-refractivity contribution in [2.75, 3.05) is 11.9 Å². The van der Waals surface area contributed by atoms with E-state index in [1.54, 1.807) is 0 Å². The van der Waals surface area contributed by atoms with Crippen LogP contribution >= 0.6 is 15.9 Å². The van der Waals surface area contributed by atoms with E-state index in [0.29, 0.717) is 11.8 Å². The third-order valence-electron chi connectivity index (χ3n) is 3.86. The van der Waals surface area contributed by atoms with Gasteiger partial charge in [-0.3, -0.25) is 0 Å². The van der Waals surface area contributed by atoms with E-state index in [1.807, 2.05) is 18.2 Å². The minimum absolute atomic E-state index is 0.166. The van der Waals surface area contributed by atoms with Crippen LogP contribution in [0.4, 0.5) is 5.69 Å². The first-order valence-corrected chi connectivity index (χ1v) is 7.47. The largest absolute Gasteiger partial charge is 0.394 e. The Morgan fingerprint density at radius 3 is 2.44 bits per heavy atom. The Hall–Kier alpha value is -0.540. The van der Waals surface area contributed by atoms with Gasteiger partial charge in [-0.15, -0.1) is 0 Å². The molecule has 3 heteroatoms. The van der Waals surface area contributed by atoms with E-state index in [4.69, 9.17) is 0 Å². The van der Waals surface area contributed by atoms with Gasteiger partial charge in [0, 0.05) is 10.2 Å². The molecule has 2 N–H and O–H groups in total. The maximum absolute atomic E-state index is 9.85. The van der Waals surface area contributed by atoms with E-state index < -0.39 is 0 Å². The third kappa shape index (κ3) is 3.07. The molecular weight excluding hydrogens is 290 g/mol. The lowest BCUT2D eigenvalue weighted by Crippen LogP contribution is -2.48. The van der Waals surface area contributed by atoms with Crippen LogP contribution in [0.15, 0.2) is 28.7 Å². The summed E-state index contributed by atoms with van der Waals surface area (Å²) in [6, 6.07) is 8.12. The highest BCUT2D eigenvalue weighted by Gasteiger charge is 2.37. The maximum Gasteiger partial charge on any atom is 0.0661 e. The summed E-state index contributed by atoms with van der Waals surface area (Å²) >= 11 is 3.56. The van der Waals surface area contributed by atoms with Gasteiger partial charge < -0.3 is 10.4 Å². The number of hydrogen-bond donors (Lipinski definition) is 2. The SMILES string of the molecule is CC1CC(C)CC(CO)(Nc2ccccc2Br)C1. The van der Waals surface area contributed by atoms with E-state index in [9.17, 15) is 5.11 Å². The molecule has 1 aromatic rings. The summed E-state index contributed by atoms with van der Waals surface area (Å²) in [7, 11) is 0. The number of rotatable bonds is 3. The zero-order chi connectivity index (χ0) is 13.2. The summed E-state index contributed by atoms with van der Waals surface area (Å²) in [4.78, 5) is 0. The minimum Gasteiger partial charge on any atom is -0.394 e. The summed E-state index contributed by atoms with van der Waals surface area (Å²) in [5, 5.41) is 13.4. The Labute approximate surface area is 118 Å². The predicted octanol–water partition coefficient (Wildman–Crippen LogP) is 4.05. The molecule has 0 saturated heterocycles. The van der Waals surface area contributed by atoms with Gasteiger partial charge in [0.05, 0.1) is 12.1 Å². The van der Waals surface area contributed by atoms with Gasteiger partial charge in [-0.25, -0.2) is 0 Å². The molecule has 1 fully saturated rings. The minimum atomic E-state index is -0.166. The van der Waals surface area contributed by atoms with Crippen molar-refractivity contribution in [1.82, 2.24) is 0 Å². The van der Waals surface area contributed by atoms with Crippen LogP contribution in [0.2, 0.25) is 0 Å². The van der Waals surface area contributed by atoms with E-state index in [0.717, 1.165) is 23.0 Å². The molecule has 1 aliphatic carbocycles. The van der Waals surface area contributed by atoms with Crippen LogP contribution in [-0.4, -0.2) is 17.3 Å². The molecule has 0 amide bonds. The number of halogens is 1. The second kappa shape index (κ2) is 5.62. The van der Waals surface area contributed by atoms with Crippen LogP contribution in [0.3, 0.4) is 0 Å². The number of aliphatic hydroxyl groups is 1. The molecule has 0 aromatic heterocycles. The monoisotopic (exact) mass is 311 g/mol. The van der Waals surface area contributed by atoms with Crippen LogP contribution in [0.25, 0.3) is 0 Å². The highest BCUT2D eigenvalue weighted by Crippen LogP contribution is 2.39. The lowest BCUT2D eigenvalue weighted by Gasteiger charge is -2.43. The molecule has 1 aromatic carbocycles. The number of nitrogens with one attached hydrogen (secondary N) is 1. The number of hydrogen-bond acceptors (Lipinski definition) is 2. The van der Waals surface area contributed by atoms with Gasteiger partial charge in [-0.1, -0.05) is 26.0 Å². The van der Waals surface area contributed by atoms with Gasteiger partial charge in [0.15, 0.2) is 0 Å². The third-order valence-corrected chi connectivity index (χ3v) is 4.55. The van der Waals surface area contributed by atoms with Crippen molar-refractivity contribution in [3.63, 3.8) is 0 Å². The van der Waals surface area contributed by atoms with Crippen LogP contribution in [0, 0.1) is 11.8 Å². The molecule has 0 spiro atoms. The first kappa shape index (κ1) is 13.9. The molecular formula is C15H22BrNO. The van der Waals surface area contributed by atoms with E-state index in [1.165, 1.54) is 6.42 Å². The fourth-order valence-corrected chi connectivity index (χ4v) is 3.77. The lowest BCUT2D eigenvalue weighted by molar-refractivity contribution is 0.122. The average molecular weight is 312 g/mol. The van der Waals surface area contributed by atoms with Crippen molar-refractivity contribution >= 4 is 21.6 Å². The highest BCUT2D eigenvalue weighted by atomic mass is 79.9. The molecule has 2 atom stereocenters. The van der Waals surface area contributed by atoms with Crippen molar-refractivity contribution in [2.45, 2.75) is 38.6 Å². The van der Waals surface area contributed by atoms with Crippen LogP contribution in [0.5, 0.6) is 0 Å². The summed E-state index contributed by atoms with van der Waals surface area (Å²) in [5.74, 6) is 1.33. The lowest BCUT2D eigenvalue weighted by atomic mass is 9.72. The smallest absolute Gasteiger partial charge is 0.0661 e. The maximum atomic E-state index is 9.85. The summed E-state index contributed by atoms with van der Waals surface area (Å²) in [6.07, 6.45) is 3.34. The Balaban J connectivity index is 2.20. The van der Waals surface area contributed by atoms with Gasteiger partial charge >= 0.3 is 0 Å². The normalized spacial score (nSPS) is 32.2. The van der Waals surface area contributed by atoms with Gasteiger partial charge in [0.25, 0.3) is 0 Å². The first-order valence-electron chi connectivity index (χ1n) is 6.68. The Morgan fingerprint density at radius 2 is 1.89 bits per heavy atom. The average Bonchev–Trinajstić information content (AvgIpc) is 2.31. The standard InChI is InChI=1S/C15H22BrNO/c1-11-7-12(2)9-15(8-11,10-18)17-14-6-4-3-5-13(14)16/h3-6,11-12,17-18H,7-10H2,1-2H3. The van der Waals surface area contributed by atoms with Gasteiger partial charge in [0.2, 0.25) is 0 Å². The van der Waals surface area contributed by atoms with E-state index >= 15 is 0 Å². The van der Waals surface area contributed by atoms with Crippen molar-refractivity contribution in [3.8, 4) is 0 Å². The number of benzene rings is 1. The zero-order valence-electron chi connectivity index (χ0n) is 11.1. The summed E-state index contributed by atoms with van der Waals surface area (Å²) in [6.45, 7) is 4.76. The number of aliphatic hydroxyl groups excluding tert-OH is 1. The Bertz CT molecular complexity index is 397. The Kier molecular flexibility index (Phi) is 4.33. The molecule has 0 bridgehead atoms. The molecule has 0 aliphatic heterocycles. The fraction of sp³-hybridized carbons (Fsp3) is 0.600. The molecule has 2 rings (SSSR count). The fourth-order valence-electron chi connectivity index (χ4n) is 3.39. The second-order valence-electron chi connectivity index (χ2n) is 5.90. The van der Waals surface area contributed by atoms with Crippen molar-refractivity contribution in [1.29, 1.82) is 0 Å². The van der Waals surface area contributed by atoms with E-state index in [2.05, 4.69) is 41.2 Å². The second-order valence-corrected chi connectivity index (χ2v) is 6.75. The van der Waals surface area contributed by atoms with Crippen molar-refractivity contribution in [2.24, 2.45) is 11.8 Å². The van der Waals surface area contributed by atoms with Crippen LogP contribution in [0.1, 0.15) is 33.1 Å². The van der Waals surface area contributed by atoms with Crippen molar-refractivity contribution in [3.05, 3.63) is 28.7 Å². The summed E-state index contributed by atoms with van der Waals surface area (Å²) < 4.78 is 1.06. The molecule has 0 radical (unpaired) electrons. The Morgan fingerprint density at radius 1 is 1.28 bits per heavy atom. The molecule has 0 heterocycles. The molecule has 2 nitrogen and oxygen atoms in total. The number of para-hydroxylation sites is 1. The predicted molar refractivity (Wildman–Crippen MR) is 79.8 cm³/mol. The molecule has 2 unspecified atom stereocenters. The van der Waals surface area contributed by atoms with Gasteiger partial charge in [-0.2, -0.15) is 0 Å².